The Morgan fingerprint density at radius 1 is 0.920 bits per heavy atom. The number of fused-ring (bicyclic) bond motifs is 4. The van der Waals surface area contributed by atoms with Gasteiger partial charge in [0.25, 0.3) is 0 Å². The molecule has 2 heterocycles. The molecule has 25 heavy (non-hydrogen) atoms. The standard InChI is InChI=1S/C20H24ClN3O/c1-3-5-7-14-11-15(8-6-4-2)20(25)19(12-14)24-22-17-10-9-16(21)13-18(17)23(22)24/h9-13,25H,3-8H2,1-2H3. The Hall–Kier alpha value is -2.07. The van der Waals surface area contributed by atoms with Gasteiger partial charge in [-0.3, -0.25) is 0 Å². The van der Waals surface area contributed by atoms with Gasteiger partial charge in [-0.05, 0) is 61.1 Å². The van der Waals surface area contributed by atoms with Crippen LogP contribution in [0.2, 0.25) is 5.02 Å². The van der Waals surface area contributed by atoms with Gasteiger partial charge in [0.1, 0.15) is 22.5 Å². The fourth-order valence-electron chi connectivity index (χ4n) is 3.50. The van der Waals surface area contributed by atoms with Crippen LogP contribution >= 0.6 is 11.6 Å². The maximum atomic E-state index is 10.9. The van der Waals surface area contributed by atoms with E-state index in [2.05, 4.69) is 30.6 Å². The minimum Gasteiger partial charge on any atom is -0.505 e. The Morgan fingerprint density at radius 2 is 1.64 bits per heavy atom. The molecule has 0 atom stereocenters. The molecule has 4 rings (SSSR count). The van der Waals surface area contributed by atoms with Crippen LogP contribution in [0.15, 0.2) is 30.3 Å². The first-order chi connectivity index (χ1) is 12.2. The third kappa shape index (κ3) is 2.69. The predicted molar refractivity (Wildman–Crippen MR) is 103 cm³/mol. The number of benzene rings is 2. The Labute approximate surface area is 152 Å². The quantitative estimate of drug-likeness (QED) is 0.468. The Morgan fingerprint density at radius 3 is 2.40 bits per heavy atom. The van der Waals surface area contributed by atoms with Gasteiger partial charge in [0.15, 0.2) is 0 Å². The molecule has 0 radical (unpaired) electrons. The number of unbranched alkanes of at least 4 members (excludes halogenated alkanes) is 2. The van der Waals surface area contributed by atoms with E-state index in [0.29, 0.717) is 5.75 Å². The molecule has 2 aromatic carbocycles. The van der Waals surface area contributed by atoms with Gasteiger partial charge >= 0.3 is 0 Å². The average Bonchev–Trinajstić information content (AvgIpc) is 3.27. The van der Waals surface area contributed by atoms with E-state index in [9.17, 15) is 5.11 Å². The first kappa shape index (κ1) is 16.4. The summed E-state index contributed by atoms with van der Waals surface area (Å²) >= 11 is 6.11. The molecular formula is C20H24ClN3O. The van der Waals surface area contributed by atoms with Crippen molar-refractivity contribution in [3.63, 3.8) is 0 Å². The molecule has 0 aliphatic rings. The maximum absolute atomic E-state index is 10.9. The minimum atomic E-state index is 0.403. The summed E-state index contributed by atoms with van der Waals surface area (Å²) in [5.41, 5.74) is 5.43. The Kier molecular flexibility index (Phi) is 4.16. The molecule has 1 N–H and O–H groups in total. The van der Waals surface area contributed by atoms with E-state index in [4.69, 9.17) is 11.6 Å². The first-order valence-corrected chi connectivity index (χ1v) is 9.58. The van der Waals surface area contributed by atoms with E-state index in [0.717, 1.165) is 53.0 Å². The van der Waals surface area contributed by atoms with Crippen molar-refractivity contribution in [2.24, 2.45) is 0 Å². The van der Waals surface area contributed by atoms with Crippen molar-refractivity contribution < 1.29 is 5.11 Å². The molecule has 132 valence electrons. The lowest BCUT2D eigenvalue weighted by Crippen LogP contribution is -1.97. The van der Waals surface area contributed by atoms with E-state index >= 15 is 0 Å². The monoisotopic (exact) mass is 357 g/mol. The lowest BCUT2D eigenvalue weighted by molar-refractivity contribution is 0.463. The van der Waals surface area contributed by atoms with Crippen molar-refractivity contribution in [3.8, 4) is 11.4 Å². The zero-order valence-electron chi connectivity index (χ0n) is 14.8. The molecule has 0 unspecified atom stereocenters. The molecule has 2 aromatic heterocycles. The molecule has 0 aliphatic carbocycles. The van der Waals surface area contributed by atoms with Crippen LogP contribution in [0.25, 0.3) is 16.7 Å². The third-order valence-electron chi connectivity index (χ3n) is 4.94. The number of hydrogen-bond donors (Lipinski definition) is 1. The number of aryl methyl sites for hydroxylation is 2. The number of phenolic OH excluding ortho intramolecular Hbond substituents is 1. The van der Waals surface area contributed by atoms with Gasteiger partial charge < -0.3 is 5.11 Å². The van der Waals surface area contributed by atoms with Gasteiger partial charge in [-0.1, -0.05) is 44.4 Å². The van der Waals surface area contributed by atoms with Gasteiger partial charge in [-0.15, -0.1) is 14.1 Å². The average molecular weight is 358 g/mol. The van der Waals surface area contributed by atoms with Gasteiger partial charge in [0.2, 0.25) is 0 Å². The van der Waals surface area contributed by atoms with Crippen molar-refractivity contribution in [3.05, 3.63) is 46.5 Å². The summed E-state index contributed by atoms with van der Waals surface area (Å²) in [4.78, 5) is 2.03. The van der Waals surface area contributed by atoms with Crippen LogP contribution in [0.3, 0.4) is 0 Å². The summed E-state index contributed by atoms with van der Waals surface area (Å²) < 4.78 is 4.11. The molecule has 0 amide bonds. The van der Waals surface area contributed by atoms with Crippen LogP contribution in [0.1, 0.15) is 50.7 Å². The molecule has 0 saturated heterocycles. The van der Waals surface area contributed by atoms with Crippen LogP contribution in [-0.4, -0.2) is 19.2 Å². The van der Waals surface area contributed by atoms with Gasteiger partial charge in [0.05, 0.1) is 0 Å². The molecule has 0 fully saturated rings. The Balaban J connectivity index is 1.79. The summed E-state index contributed by atoms with van der Waals surface area (Å²) in [6, 6.07) is 10.2. The number of phenols is 1. The lowest BCUT2D eigenvalue weighted by atomic mass is 10.00. The van der Waals surface area contributed by atoms with Crippen LogP contribution in [0.5, 0.6) is 5.75 Å². The van der Waals surface area contributed by atoms with E-state index in [-0.39, 0.29) is 0 Å². The van der Waals surface area contributed by atoms with Crippen molar-refractivity contribution in [1.82, 2.24) is 14.1 Å². The summed E-state index contributed by atoms with van der Waals surface area (Å²) in [7, 11) is 0. The highest BCUT2D eigenvalue weighted by Crippen LogP contribution is 2.35. The Bertz CT molecular complexity index is 1010. The number of aromatic hydroxyl groups is 1. The lowest BCUT2D eigenvalue weighted by Gasteiger charge is -2.10. The molecule has 4 aromatic rings. The second kappa shape index (κ2) is 6.34. The highest BCUT2D eigenvalue weighted by atomic mass is 35.5. The number of halogens is 1. The first-order valence-electron chi connectivity index (χ1n) is 9.20. The van der Waals surface area contributed by atoms with Crippen molar-refractivity contribution in [1.29, 1.82) is 0 Å². The fourth-order valence-corrected chi connectivity index (χ4v) is 3.66. The molecule has 4 nitrogen and oxygen atoms in total. The van der Waals surface area contributed by atoms with E-state index < -0.39 is 0 Å². The maximum Gasteiger partial charge on any atom is 0.146 e. The van der Waals surface area contributed by atoms with Crippen molar-refractivity contribution in [2.75, 3.05) is 0 Å². The predicted octanol–water partition coefficient (Wildman–Crippen LogP) is 5.46. The summed E-state index contributed by atoms with van der Waals surface area (Å²) in [6.07, 6.45) is 6.53. The second-order valence-corrected chi connectivity index (χ2v) is 7.27. The normalized spacial score (nSPS) is 12.1. The number of nitrogens with zero attached hydrogens (tertiary/aromatic N) is 3. The van der Waals surface area contributed by atoms with Gasteiger partial charge in [0, 0.05) is 5.02 Å². The zero-order valence-corrected chi connectivity index (χ0v) is 15.6. The van der Waals surface area contributed by atoms with E-state index in [1.165, 1.54) is 18.4 Å². The van der Waals surface area contributed by atoms with Crippen molar-refractivity contribution >= 4 is 22.6 Å². The highest BCUT2D eigenvalue weighted by molar-refractivity contribution is 6.31. The summed E-state index contributed by atoms with van der Waals surface area (Å²) in [6.45, 7) is 4.39. The van der Waals surface area contributed by atoms with E-state index in [1.807, 2.05) is 27.6 Å². The molecular weight excluding hydrogens is 334 g/mol. The SMILES string of the molecule is CCCCc1cc(CCCC)c(O)c(-n2n3c4ccc(Cl)cc4n23)c1. The van der Waals surface area contributed by atoms with Crippen LogP contribution in [-0.2, 0) is 12.8 Å². The molecule has 0 aliphatic heterocycles. The van der Waals surface area contributed by atoms with E-state index in [1.54, 1.807) is 0 Å². The molecule has 0 spiro atoms. The number of hydrogen-bond acceptors (Lipinski definition) is 1. The summed E-state index contributed by atoms with van der Waals surface area (Å²) in [5, 5.41) is 11.6. The number of aromatic nitrogens is 3. The van der Waals surface area contributed by atoms with Crippen LogP contribution in [0.4, 0.5) is 0 Å². The fraction of sp³-hybridized carbons (Fsp3) is 0.400. The molecule has 0 bridgehead atoms. The third-order valence-corrected chi connectivity index (χ3v) is 5.17. The molecule has 0 saturated carbocycles. The summed E-state index contributed by atoms with van der Waals surface area (Å²) in [5.74, 6) is 0.403. The minimum absolute atomic E-state index is 0.403. The van der Waals surface area contributed by atoms with Crippen LogP contribution < -0.4 is 0 Å². The highest BCUT2D eigenvalue weighted by Gasteiger charge is 2.27. The second-order valence-electron chi connectivity index (χ2n) is 6.83. The number of rotatable bonds is 7. The topological polar surface area (TPSA) is 34.0 Å². The van der Waals surface area contributed by atoms with Gasteiger partial charge in [-0.25, -0.2) is 0 Å². The smallest absolute Gasteiger partial charge is 0.146 e. The largest absolute Gasteiger partial charge is 0.505 e. The zero-order chi connectivity index (χ0) is 17.6. The van der Waals surface area contributed by atoms with Crippen molar-refractivity contribution in [2.45, 2.75) is 52.4 Å². The molecule has 5 heteroatoms. The van der Waals surface area contributed by atoms with Gasteiger partial charge in [-0.2, -0.15) is 0 Å². The van der Waals surface area contributed by atoms with Crippen LogP contribution in [0, 0.1) is 0 Å².